The maximum absolute atomic E-state index is 12.2. The Kier molecular flexibility index (Phi) is 6.51. The zero-order valence-corrected chi connectivity index (χ0v) is 13.0. The quantitative estimate of drug-likeness (QED) is 0.718. The Balaban J connectivity index is 2.58. The number of amides is 3. The Morgan fingerprint density at radius 2 is 2.05 bits per heavy atom. The van der Waals surface area contributed by atoms with Crippen molar-refractivity contribution >= 4 is 23.3 Å². The third-order valence-corrected chi connectivity index (χ3v) is 4.17. The van der Waals surface area contributed by atoms with Crippen LogP contribution in [0.1, 0.15) is 32.1 Å². The molecule has 1 aromatic heterocycles. The van der Waals surface area contributed by atoms with Gasteiger partial charge in [-0.3, -0.25) is 4.79 Å². The molecule has 0 saturated carbocycles. The van der Waals surface area contributed by atoms with Crippen molar-refractivity contribution in [1.82, 2.24) is 10.6 Å². The molecule has 0 unspecified atom stereocenters. The fourth-order valence-corrected chi connectivity index (χ4v) is 2.80. The third-order valence-electron chi connectivity index (χ3n) is 3.27. The Labute approximate surface area is 123 Å². The van der Waals surface area contributed by atoms with Gasteiger partial charge in [-0.2, -0.15) is 0 Å². The van der Waals surface area contributed by atoms with Crippen LogP contribution < -0.4 is 16.4 Å². The van der Waals surface area contributed by atoms with Crippen LogP contribution in [0.4, 0.5) is 4.79 Å². The highest BCUT2D eigenvalue weighted by Crippen LogP contribution is 2.12. The Morgan fingerprint density at radius 3 is 2.55 bits per heavy atom. The van der Waals surface area contributed by atoms with E-state index < -0.39 is 12.1 Å². The number of rotatable bonds is 7. The molecule has 0 aliphatic carbocycles. The van der Waals surface area contributed by atoms with E-state index in [-0.39, 0.29) is 17.9 Å². The van der Waals surface area contributed by atoms with Gasteiger partial charge in [0.2, 0.25) is 5.91 Å². The molecular formula is C14H23N3O2S. The summed E-state index contributed by atoms with van der Waals surface area (Å²) in [7, 11) is 0. The van der Waals surface area contributed by atoms with Gasteiger partial charge in [-0.15, -0.1) is 11.3 Å². The van der Waals surface area contributed by atoms with Gasteiger partial charge in [0.1, 0.15) is 6.04 Å². The second kappa shape index (κ2) is 7.89. The summed E-state index contributed by atoms with van der Waals surface area (Å²) >= 11 is 1.67. The van der Waals surface area contributed by atoms with E-state index in [9.17, 15) is 9.59 Å². The molecule has 0 spiro atoms. The molecule has 4 N–H and O–H groups in total. The lowest BCUT2D eigenvalue weighted by Gasteiger charge is -2.24. The number of urea groups is 1. The molecule has 3 atom stereocenters. The van der Waals surface area contributed by atoms with E-state index in [1.807, 2.05) is 38.3 Å². The maximum atomic E-state index is 12.2. The summed E-state index contributed by atoms with van der Waals surface area (Å²) in [4.78, 5) is 24.5. The highest BCUT2D eigenvalue weighted by atomic mass is 32.1. The molecule has 20 heavy (non-hydrogen) atoms. The first kappa shape index (κ1) is 16.5. The molecule has 1 heterocycles. The van der Waals surface area contributed by atoms with Crippen LogP contribution in [-0.2, 0) is 11.2 Å². The third kappa shape index (κ3) is 5.21. The zero-order chi connectivity index (χ0) is 15.1. The summed E-state index contributed by atoms with van der Waals surface area (Å²) in [5, 5.41) is 7.47. The lowest BCUT2D eigenvalue weighted by atomic mass is 9.98. The molecule has 0 radical (unpaired) electrons. The van der Waals surface area contributed by atoms with E-state index >= 15 is 0 Å². The fourth-order valence-electron chi connectivity index (χ4n) is 1.97. The van der Waals surface area contributed by atoms with Gasteiger partial charge >= 0.3 is 6.03 Å². The summed E-state index contributed by atoms with van der Waals surface area (Å²) < 4.78 is 0. The molecule has 3 amide bonds. The van der Waals surface area contributed by atoms with Crippen LogP contribution in [0.3, 0.4) is 0 Å². The van der Waals surface area contributed by atoms with Gasteiger partial charge < -0.3 is 16.4 Å². The maximum Gasteiger partial charge on any atom is 0.312 e. The first-order valence-electron chi connectivity index (χ1n) is 6.82. The van der Waals surface area contributed by atoms with E-state index in [4.69, 9.17) is 5.73 Å². The van der Waals surface area contributed by atoms with Crippen LogP contribution in [0, 0.1) is 5.92 Å². The minimum Gasteiger partial charge on any atom is -0.352 e. The Hall–Kier alpha value is -1.56. The van der Waals surface area contributed by atoms with Crippen LogP contribution in [0.2, 0.25) is 0 Å². The molecule has 0 saturated heterocycles. The van der Waals surface area contributed by atoms with Crippen LogP contribution >= 0.6 is 11.3 Å². The molecule has 112 valence electrons. The number of carbonyl (C=O) groups is 2. The molecule has 0 aliphatic heterocycles. The first-order valence-corrected chi connectivity index (χ1v) is 7.70. The molecule has 5 nitrogen and oxygen atoms in total. The average molecular weight is 297 g/mol. The van der Waals surface area contributed by atoms with E-state index in [1.54, 1.807) is 11.3 Å². The van der Waals surface area contributed by atoms with Crippen molar-refractivity contribution in [1.29, 1.82) is 0 Å². The van der Waals surface area contributed by atoms with Crippen LogP contribution in [0.5, 0.6) is 0 Å². The minimum atomic E-state index is -0.670. The summed E-state index contributed by atoms with van der Waals surface area (Å²) in [5.41, 5.74) is 5.14. The predicted octanol–water partition coefficient (Wildman–Crippen LogP) is 1.88. The molecule has 1 rings (SSSR count). The summed E-state index contributed by atoms with van der Waals surface area (Å²) in [6.45, 7) is 5.85. The van der Waals surface area contributed by atoms with Crippen molar-refractivity contribution in [3.63, 3.8) is 0 Å². The molecule has 0 bridgehead atoms. The first-order chi connectivity index (χ1) is 9.43. The molecule has 1 aromatic rings. The van der Waals surface area contributed by atoms with Gasteiger partial charge in [-0.25, -0.2) is 4.79 Å². The van der Waals surface area contributed by atoms with Gasteiger partial charge in [-0.1, -0.05) is 26.3 Å². The van der Waals surface area contributed by atoms with Crippen molar-refractivity contribution in [2.24, 2.45) is 11.7 Å². The second-order valence-electron chi connectivity index (χ2n) is 5.06. The normalized spacial score (nSPS) is 15.2. The van der Waals surface area contributed by atoms with Crippen LogP contribution in [-0.4, -0.2) is 24.0 Å². The number of primary amides is 1. The van der Waals surface area contributed by atoms with Crippen molar-refractivity contribution in [3.8, 4) is 0 Å². The zero-order valence-electron chi connectivity index (χ0n) is 12.2. The minimum absolute atomic E-state index is 0.0161. The van der Waals surface area contributed by atoms with Crippen molar-refractivity contribution in [2.75, 3.05) is 0 Å². The van der Waals surface area contributed by atoms with Crippen LogP contribution in [0.25, 0.3) is 0 Å². The molecule has 6 heteroatoms. The molecular weight excluding hydrogens is 274 g/mol. The Bertz CT molecular complexity index is 434. The summed E-state index contributed by atoms with van der Waals surface area (Å²) in [5.74, 6) is -0.140. The molecule has 0 fully saturated rings. The average Bonchev–Trinajstić information content (AvgIpc) is 2.87. The molecule has 0 aromatic carbocycles. The van der Waals surface area contributed by atoms with Crippen molar-refractivity contribution in [3.05, 3.63) is 22.4 Å². The van der Waals surface area contributed by atoms with Crippen molar-refractivity contribution in [2.45, 2.75) is 45.7 Å². The number of carbonyl (C=O) groups excluding carboxylic acids is 2. The topological polar surface area (TPSA) is 84.2 Å². The van der Waals surface area contributed by atoms with E-state index in [0.29, 0.717) is 0 Å². The second-order valence-corrected chi connectivity index (χ2v) is 6.10. The lowest BCUT2D eigenvalue weighted by molar-refractivity contribution is -0.124. The standard InChI is InChI=1S/C14H23N3O2S/c1-4-9(2)12(17-14(15)19)13(18)16-10(3)8-11-6-5-7-20-11/h5-7,9-10,12H,4,8H2,1-3H3,(H,16,18)(H3,15,17,19)/t9-,10-,12-/m0/s1. The number of nitrogens with two attached hydrogens (primary N) is 1. The van der Waals surface area contributed by atoms with Gasteiger partial charge in [0.15, 0.2) is 0 Å². The van der Waals surface area contributed by atoms with Gasteiger partial charge in [-0.05, 0) is 24.3 Å². The number of nitrogens with one attached hydrogen (secondary N) is 2. The summed E-state index contributed by atoms with van der Waals surface area (Å²) in [6, 6.07) is 2.80. The predicted molar refractivity (Wildman–Crippen MR) is 81.6 cm³/mol. The van der Waals surface area contributed by atoms with Gasteiger partial charge in [0, 0.05) is 17.3 Å². The SMILES string of the molecule is CC[C@H](C)[C@H](NC(N)=O)C(=O)N[C@@H](C)Cc1cccs1. The Morgan fingerprint density at radius 1 is 1.35 bits per heavy atom. The van der Waals surface area contributed by atoms with E-state index in [1.165, 1.54) is 4.88 Å². The van der Waals surface area contributed by atoms with E-state index in [2.05, 4.69) is 10.6 Å². The lowest BCUT2D eigenvalue weighted by Crippen LogP contribution is -2.53. The van der Waals surface area contributed by atoms with E-state index in [0.717, 1.165) is 12.8 Å². The number of hydrogen-bond donors (Lipinski definition) is 3. The fraction of sp³-hybridized carbons (Fsp3) is 0.571. The van der Waals surface area contributed by atoms with Crippen molar-refractivity contribution < 1.29 is 9.59 Å². The largest absolute Gasteiger partial charge is 0.352 e. The van der Waals surface area contributed by atoms with Crippen LogP contribution in [0.15, 0.2) is 17.5 Å². The number of thiophene rings is 1. The smallest absolute Gasteiger partial charge is 0.312 e. The highest BCUT2D eigenvalue weighted by Gasteiger charge is 2.26. The summed E-state index contributed by atoms with van der Waals surface area (Å²) in [6.07, 6.45) is 1.57. The molecule has 0 aliphatic rings. The monoisotopic (exact) mass is 297 g/mol. The highest BCUT2D eigenvalue weighted by molar-refractivity contribution is 7.09. The number of hydrogen-bond acceptors (Lipinski definition) is 3. The van der Waals surface area contributed by atoms with Gasteiger partial charge in [0.25, 0.3) is 0 Å². The van der Waals surface area contributed by atoms with Gasteiger partial charge in [0.05, 0.1) is 0 Å².